The van der Waals surface area contributed by atoms with Gasteiger partial charge in [-0.2, -0.15) is 0 Å². The first kappa shape index (κ1) is 16.1. The number of aliphatic hydroxyl groups is 1. The van der Waals surface area contributed by atoms with E-state index in [1.807, 2.05) is 26.8 Å². The average Bonchev–Trinajstić information content (AvgIpc) is 2.87. The number of pyridine rings is 1. The van der Waals surface area contributed by atoms with Gasteiger partial charge in [-0.05, 0) is 45.2 Å². The van der Waals surface area contributed by atoms with E-state index in [2.05, 4.69) is 16.0 Å². The van der Waals surface area contributed by atoms with E-state index in [4.69, 9.17) is 4.74 Å². The fourth-order valence-corrected chi connectivity index (χ4v) is 3.04. The van der Waals surface area contributed by atoms with Crippen molar-refractivity contribution in [1.29, 1.82) is 0 Å². The van der Waals surface area contributed by atoms with Gasteiger partial charge >= 0.3 is 6.09 Å². The van der Waals surface area contributed by atoms with Crippen molar-refractivity contribution in [3.05, 3.63) is 23.4 Å². The number of hydrogen-bond acceptors (Lipinski definition) is 5. The monoisotopic (exact) mass is 319 g/mol. The Morgan fingerprint density at radius 3 is 2.61 bits per heavy atom. The Morgan fingerprint density at radius 1 is 1.26 bits per heavy atom. The minimum atomic E-state index is -0.466. The van der Waals surface area contributed by atoms with Crippen LogP contribution in [0.1, 0.15) is 44.6 Å². The summed E-state index contributed by atoms with van der Waals surface area (Å²) < 4.78 is 5.41. The molecule has 0 bridgehead atoms. The van der Waals surface area contributed by atoms with E-state index in [0.717, 1.165) is 43.0 Å². The molecule has 1 atom stereocenters. The minimum absolute atomic E-state index is 0.255. The highest BCUT2D eigenvalue weighted by Gasteiger charge is 2.28. The third-order valence-corrected chi connectivity index (χ3v) is 4.26. The number of carbonyl (C=O) groups excluding carboxylic acids is 1. The molecule has 0 radical (unpaired) electrons. The lowest BCUT2D eigenvalue weighted by Gasteiger charge is -2.36. The van der Waals surface area contributed by atoms with Gasteiger partial charge in [0.25, 0.3) is 0 Å². The highest BCUT2D eigenvalue weighted by atomic mass is 16.6. The molecule has 1 aliphatic heterocycles. The van der Waals surface area contributed by atoms with Crippen molar-refractivity contribution in [3.63, 3.8) is 0 Å². The molecule has 2 aliphatic rings. The van der Waals surface area contributed by atoms with E-state index in [1.54, 1.807) is 4.90 Å². The van der Waals surface area contributed by atoms with Crippen LogP contribution in [0.2, 0.25) is 0 Å². The van der Waals surface area contributed by atoms with Crippen molar-refractivity contribution in [2.24, 2.45) is 0 Å². The van der Waals surface area contributed by atoms with Crippen molar-refractivity contribution >= 4 is 11.9 Å². The molecule has 1 aliphatic carbocycles. The van der Waals surface area contributed by atoms with Gasteiger partial charge in [-0.15, -0.1) is 0 Å². The zero-order valence-electron chi connectivity index (χ0n) is 14.1. The second kappa shape index (κ2) is 6.00. The molecule has 1 amide bonds. The van der Waals surface area contributed by atoms with Crippen LogP contribution in [-0.4, -0.2) is 52.9 Å². The molecule has 6 heteroatoms. The molecule has 126 valence electrons. The fraction of sp³-hybridized carbons (Fsp3) is 0.647. The lowest BCUT2D eigenvalue weighted by atomic mass is 10.2. The van der Waals surface area contributed by atoms with Crippen molar-refractivity contribution in [3.8, 4) is 0 Å². The van der Waals surface area contributed by atoms with Crippen LogP contribution in [0.25, 0.3) is 0 Å². The maximum atomic E-state index is 12.1. The van der Waals surface area contributed by atoms with Crippen LogP contribution in [0.3, 0.4) is 0 Å². The van der Waals surface area contributed by atoms with Gasteiger partial charge in [-0.3, -0.25) is 0 Å². The predicted octanol–water partition coefficient (Wildman–Crippen LogP) is 2.12. The summed E-state index contributed by atoms with van der Waals surface area (Å²) in [6.45, 7) is 8.32. The summed E-state index contributed by atoms with van der Waals surface area (Å²) in [4.78, 5) is 20.6. The van der Waals surface area contributed by atoms with Crippen LogP contribution in [0, 0.1) is 0 Å². The first-order valence-electron chi connectivity index (χ1n) is 8.24. The van der Waals surface area contributed by atoms with Crippen molar-refractivity contribution < 1.29 is 14.6 Å². The van der Waals surface area contributed by atoms with Crippen molar-refractivity contribution in [1.82, 2.24) is 9.88 Å². The predicted molar refractivity (Wildman–Crippen MR) is 87.5 cm³/mol. The van der Waals surface area contributed by atoms with Gasteiger partial charge in [-0.1, -0.05) is 6.07 Å². The summed E-state index contributed by atoms with van der Waals surface area (Å²) in [5.41, 5.74) is 1.50. The molecule has 0 aromatic carbocycles. The first-order valence-corrected chi connectivity index (χ1v) is 8.24. The molecule has 1 aromatic rings. The molecule has 2 heterocycles. The smallest absolute Gasteiger partial charge is 0.410 e. The molecule has 0 unspecified atom stereocenters. The molecule has 0 saturated carbocycles. The van der Waals surface area contributed by atoms with E-state index in [0.29, 0.717) is 13.1 Å². The van der Waals surface area contributed by atoms with Gasteiger partial charge in [0.15, 0.2) is 0 Å². The normalized spacial score (nSPS) is 21.3. The number of fused-ring (bicyclic) bond motifs is 1. The number of piperazine rings is 1. The first-order chi connectivity index (χ1) is 10.8. The van der Waals surface area contributed by atoms with E-state index in [-0.39, 0.29) is 6.09 Å². The van der Waals surface area contributed by atoms with Gasteiger partial charge in [0.2, 0.25) is 0 Å². The summed E-state index contributed by atoms with van der Waals surface area (Å²) >= 11 is 0. The zero-order valence-corrected chi connectivity index (χ0v) is 14.1. The number of aliphatic hydroxyl groups excluding tert-OH is 1. The van der Waals surface area contributed by atoms with Crippen LogP contribution < -0.4 is 4.90 Å². The maximum absolute atomic E-state index is 12.1. The maximum Gasteiger partial charge on any atom is 0.410 e. The van der Waals surface area contributed by atoms with Gasteiger partial charge < -0.3 is 19.6 Å². The van der Waals surface area contributed by atoms with Gasteiger partial charge in [0.05, 0.1) is 11.8 Å². The van der Waals surface area contributed by atoms with E-state index < -0.39 is 11.7 Å². The van der Waals surface area contributed by atoms with Gasteiger partial charge in [-0.25, -0.2) is 9.78 Å². The Hall–Kier alpha value is -1.82. The third kappa shape index (κ3) is 3.58. The average molecular weight is 319 g/mol. The lowest BCUT2D eigenvalue weighted by molar-refractivity contribution is 0.0240. The highest BCUT2D eigenvalue weighted by molar-refractivity contribution is 5.68. The number of ether oxygens (including phenoxy) is 1. The van der Waals surface area contributed by atoms with Crippen LogP contribution in [0.5, 0.6) is 0 Å². The largest absolute Gasteiger partial charge is 0.444 e. The molecular formula is C17H25N3O3. The second-order valence-corrected chi connectivity index (χ2v) is 7.22. The minimum Gasteiger partial charge on any atom is -0.444 e. The van der Waals surface area contributed by atoms with Crippen LogP contribution >= 0.6 is 0 Å². The highest BCUT2D eigenvalue weighted by Crippen LogP contribution is 2.31. The molecule has 1 N–H and O–H groups in total. The number of aromatic nitrogens is 1. The molecule has 0 spiro atoms. The summed E-state index contributed by atoms with van der Waals surface area (Å²) in [7, 11) is 0. The number of nitrogens with zero attached hydrogens (tertiary/aromatic N) is 3. The quantitative estimate of drug-likeness (QED) is 0.859. The molecule has 23 heavy (non-hydrogen) atoms. The Morgan fingerprint density at radius 2 is 1.96 bits per heavy atom. The summed E-state index contributed by atoms with van der Waals surface area (Å²) in [5, 5.41) is 9.98. The standard InChI is InChI=1S/C17H25N3O3/c1-17(2,3)23-16(22)20-10-8-19(9-11-20)14-7-5-12-4-6-13(21)15(12)18-14/h5,7,13,21H,4,6,8-11H2,1-3H3/t13-/m1/s1. The summed E-state index contributed by atoms with van der Waals surface area (Å²) in [6, 6.07) is 4.08. The second-order valence-electron chi connectivity index (χ2n) is 7.22. The van der Waals surface area contributed by atoms with Crippen LogP contribution in [-0.2, 0) is 11.2 Å². The number of amides is 1. The third-order valence-electron chi connectivity index (χ3n) is 4.26. The van der Waals surface area contributed by atoms with Crippen LogP contribution in [0.15, 0.2) is 12.1 Å². The van der Waals surface area contributed by atoms with Crippen LogP contribution in [0.4, 0.5) is 10.6 Å². The van der Waals surface area contributed by atoms with E-state index >= 15 is 0 Å². The van der Waals surface area contributed by atoms with Crippen molar-refractivity contribution in [2.75, 3.05) is 31.1 Å². The number of aryl methyl sites for hydroxylation is 1. The molecule has 3 rings (SSSR count). The van der Waals surface area contributed by atoms with E-state index in [1.165, 1.54) is 0 Å². The number of rotatable bonds is 1. The lowest BCUT2D eigenvalue weighted by Crippen LogP contribution is -2.50. The molecule has 1 aromatic heterocycles. The van der Waals surface area contributed by atoms with Crippen molar-refractivity contribution in [2.45, 2.75) is 45.3 Å². The summed E-state index contributed by atoms with van der Waals surface area (Å²) in [6.07, 6.45) is 0.969. The summed E-state index contributed by atoms with van der Waals surface area (Å²) in [5.74, 6) is 0.883. The Labute approximate surface area is 137 Å². The fourth-order valence-electron chi connectivity index (χ4n) is 3.04. The van der Waals surface area contributed by atoms with E-state index in [9.17, 15) is 9.90 Å². The SMILES string of the molecule is CC(C)(C)OC(=O)N1CCN(c2ccc3c(n2)[C@H](O)CC3)CC1. The molecule has 1 fully saturated rings. The number of hydrogen-bond donors (Lipinski definition) is 1. The molecule has 1 saturated heterocycles. The Kier molecular flexibility index (Phi) is 4.19. The Bertz CT molecular complexity index is 589. The molecular weight excluding hydrogens is 294 g/mol. The topological polar surface area (TPSA) is 65.9 Å². The van der Waals surface area contributed by atoms with Gasteiger partial charge in [0.1, 0.15) is 11.4 Å². The number of carbonyl (C=O) groups is 1. The Balaban J connectivity index is 1.61. The molecule has 6 nitrogen and oxygen atoms in total. The number of anilines is 1. The zero-order chi connectivity index (χ0) is 16.6. The van der Waals surface area contributed by atoms with Gasteiger partial charge in [0, 0.05) is 26.2 Å².